The Kier molecular flexibility index (Phi) is 156. The minimum Gasteiger partial charge on any atom is -0.153 e. The van der Waals surface area contributed by atoms with Crippen LogP contribution in [0.4, 0.5) is 0 Å². The van der Waals surface area contributed by atoms with Gasteiger partial charge in [0, 0.05) is 0 Å². The van der Waals surface area contributed by atoms with E-state index in [1.807, 2.05) is 96.9 Å². The van der Waals surface area contributed by atoms with Gasteiger partial charge >= 0.3 is 0 Å². The summed E-state index contributed by atoms with van der Waals surface area (Å²) < 4.78 is 0. The van der Waals surface area contributed by atoms with Crippen LogP contribution in [-0.4, -0.2) is 0 Å². The molecule has 6 aliphatic carbocycles. The summed E-state index contributed by atoms with van der Waals surface area (Å²) in [5.74, 6) is 2.04. The lowest BCUT2D eigenvalue weighted by atomic mass is 9.93. The third-order valence-corrected chi connectivity index (χ3v) is 12.8. The third kappa shape index (κ3) is 113. The number of hydrogen-bond acceptors (Lipinski definition) is 0. The molecule has 0 nitrogen and oxygen atoms in total. The van der Waals surface area contributed by atoms with Gasteiger partial charge in [0.25, 0.3) is 0 Å². The SMILES string of the molecule is C.C.C1CCCCCCC1.C1CCCCCCC1.C1CCCCCCC1.C1CCCCCCC1.CC.CC.CC.CC.CC.CC.CC.CC1CCCCCCC1.CC1CCCCCCC1.CCC.P. The van der Waals surface area contributed by atoms with Crippen LogP contribution in [0, 0.1) is 11.8 Å². The van der Waals surface area contributed by atoms with E-state index in [2.05, 4.69) is 27.7 Å². The van der Waals surface area contributed by atoms with E-state index in [1.165, 1.54) is 302 Å². The second-order valence-corrected chi connectivity index (χ2v) is 18.9. The monoisotopic (exact) mass is 1020 g/mol. The first-order chi connectivity index (χ1) is 33.2. The quantitative estimate of drug-likeness (QED) is 0.212. The Morgan fingerprint density at radius 3 is 0.314 bits per heavy atom. The third-order valence-electron chi connectivity index (χ3n) is 12.8. The van der Waals surface area contributed by atoms with Crippen molar-refractivity contribution in [1.29, 1.82) is 0 Å². The highest BCUT2D eigenvalue weighted by Crippen LogP contribution is 2.22. The molecular weight excluding hydrogens is 860 g/mol. The van der Waals surface area contributed by atoms with E-state index in [1.54, 1.807) is 0 Å². The fourth-order valence-electron chi connectivity index (χ4n) is 8.98. The minimum absolute atomic E-state index is 0. The fraction of sp³-hybridized carbons (Fsp3) is 1.00. The Labute approximate surface area is 460 Å². The second-order valence-electron chi connectivity index (χ2n) is 18.9. The number of hydrogen-bond donors (Lipinski definition) is 0. The van der Waals surface area contributed by atoms with Gasteiger partial charge in [0.05, 0.1) is 0 Å². The van der Waals surface area contributed by atoms with E-state index in [0.29, 0.717) is 0 Å². The van der Waals surface area contributed by atoms with Gasteiger partial charge in [0.2, 0.25) is 0 Å². The lowest BCUT2D eigenvalue weighted by molar-refractivity contribution is 0.404. The van der Waals surface area contributed by atoms with Gasteiger partial charge in [-0.3, -0.25) is 0 Å². The normalized spacial score (nSPS) is 18.3. The molecule has 0 aromatic carbocycles. The van der Waals surface area contributed by atoms with Crippen molar-refractivity contribution in [1.82, 2.24) is 0 Å². The van der Waals surface area contributed by atoms with Gasteiger partial charge < -0.3 is 0 Å². The molecule has 0 aliphatic heterocycles. The molecule has 442 valence electrons. The summed E-state index contributed by atoms with van der Waals surface area (Å²) in [6.07, 6.45) is 70.1. The van der Waals surface area contributed by atoms with E-state index < -0.39 is 0 Å². The molecule has 0 aromatic heterocycles. The van der Waals surface area contributed by atoms with Crippen molar-refractivity contribution in [2.24, 2.45) is 11.8 Å². The zero-order valence-electron chi connectivity index (χ0n) is 53.1. The minimum atomic E-state index is 0. The molecule has 0 saturated heterocycles. The first-order valence-corrected chi connectivity index (χ1v) is 33.2. The van der Waals surface area contributed by atoms with Crippen molar-refractivity contribution < 1.29 is 0 Å². The molecular formula is C69H161P. The highest BCUT2D eigenvalue weighted by atomic mass is 31.0. The lowest BCUT2D eigenvalue weighted by Crippen LogP contribution is -1.97. The van der Waals surface area contributed by atoms with Crippen molar-refractivity contribution in [3.8, 4) is 0 Å². The summed E-state index contributed by atoms with van der Waals surface area (Å²) in [6, 6.07) is 0. The van der Waals surface area contributed by atoms with Crippen LogP contribution in [0.25, 0.3) is 0 Å². The van der Waals surface area contributed by atoms with Crippen molar-refractivity contribution >= 4 is 9.90 Å². The second kappa shape index (κ2) is 114. The first-order valence-electron chi connectivity index (χ1n) is 33.2. The van der Waals surface area contributed by atoms with Gasteiger partial charge in [0.1, 0.15) is 0 Å². The van der Waals surface area contributed by atoms with Crippen LogP contribution in [0.5, 0.6) is 0 Å². The molecule has 6 saturated carbocycles. The van der Waals surface area contributed by atoms with Gasteiger partial charge in [-0.15, -0.1) is 0 Å². The summed E-state index contributed by atoms with van der Waals surface area (Å²) >= 11 is 0. The number of rotatable bonds is 0. The molecule has 0 N–H and O–H groups in total. The summed E-state index contributed by atoms with van der Waals surface area (Å²) in [5, 5.41) is 0. The topological polar surface area (TPSA) is 0 Å². The predicted octanol–water partition coefficient (Wildman–Crippen LogP) is 29.1. The van der Waals surface area contributed by atoms with Crippen LogP contribution in [-0.2, 0) is 0 Å². The molecule has 6 aliphatic rings. The van der Waals surface area contributed by atoms with Gasteiger partial charge in [-0.05, 0) is 11.8 Å². The average Bonchev–Trinajstić information content (AvgIpc) is 3.32. The van der Waals surface area contributed by atoms with E-state index in [0.717, 1.165) is 11.8 Å². The predicted molar refractivity (Wildman–Crippen MR) is 351 cm³/mol. The van der Waals surface area contributed by atoms with Crippen LogP contribution >= 0.6 is 9.90 Å². The van der Waals surface area contributed by atoms with E-state index in [-0.39, 0.29) is 24.8 Å². The Hall–Kier alpha value is 0.430. The van der Waals surface area contributed by atoms with Crippen molar-refractivity contribution in [3.05, 3.63) is 0 Å². The van der Waals surface area contributed by atoms with Gasteiger partial charge in [-0.1, -0.05) is 441 Å². The Bertz CT molecular complexity index is 419. The highest BCUT2D eigenvalue weighted by Gasteiger charge is 2.05. The smallest absolute Gasteiger partial charge is 0.0443 e. The van der Waals surface area contributed by atoms with Crippen LogP contribution < -0.4 is 0 Å². The van der Waals surface area contributed by atoms with Crippen LogP contribution in [0.3, 0.4) is 0 Å². The Balaban J connectivity index is -0.0000000619. The largest absolute Gasteiger partial charge is 0.153 e. The zero-order chi connectivity index (χ0) is 52.4. The molecule has 0 spiro atoms. The molecule has 1 unspecified atom stereocenters. The van der Waals surface area contributed by atoms with Crippen LogP contribution in [0.15, 0.2) is 0 Å². The summed E-state index contributed by atoms with van der Waals surface area (Å²) in [4.78, 5) is 0. The van der Waals surface area contributed by atoms with Gasteiger partial charge in [-0.25, -0.2) is 0 Å². The molecule has 1 heteroatoms. The summed E-state index contributed by atoms with van der Waals surface area (Å²) in [7, 11) is 0. The lowest BCUT2D eigenvalue weighted by Gasteiger charge is -2.13. The maximum Gasteiger partial charge on any atom is -0.0443 e. The molecule has 70 heavy (non-hydrogen) atoms. The molecule has 1 atom stereocenters. The van der Waals surface area contributed by atoms with Gasteiger partial charge in [-0.2, -0.15) is 9.90 Å². The van der Waals surface area contributed by atoms with Crippen LogP contribution in [0.1, 0.15) is 441 Å². The molecule has 6 rings (SSSR count). The Morgan fingerprint density at radius 1 is 0.186 bits per heavy atom. The van der Waals surface area contributed by atoms with Crippen molar-refractivity contribution in [2.75, 3.05) is 0 Å². The zero-order valence-corrected chi connectivity index (χ0v) is 54.5. The molecule has 0 radical (unpaired) electrons. The van der Waals surface area contributed by atoms with Crippen molar-refractivity contribution in [3.63, 3.8) is 0 Å². The summed E-state index contributed by atoms with van der Waals surface area (Å²) in [5.41, 5.74) is 0. The fourth-order valence-corrected chi connectivity index (χ4v) is 8.98. The van der Waals surface area contributed by atoms with E-state index in [4.69, 9.17) is 0 Å². The molecule has 0 amide bonds. The molecule has 0 bridgehead atoms. The molecule has 0 aromatic rings. The van der Waals surface area contributed by atoms with Crippen molar-refractivity contribution in [2.45, 2.75) is 441 Å². The molecule has 0 heterocycles. The standard InChI is InChI=1S/2C9H18.4C8H16.C3H8.7C2H6.2CH4.H3P/c2*1-9-7-5-3-2-4-6-8-9;4*1-2-4-6-8-7-5-3-1;1-3-2;7*1-2;;;/h2*9H,2-8H2,1H3;4*1-8H2;3H2,1-2H3;7*1-2H3;2*1H4;1H3. The Morgan fingerprint density at radius 2 is 0.243 bits per heavy atom. The van der Waals surface area contributed by atoms with Crippen LogP contribution in [0.2, 0.25) is 0 Å². The molecule has 6 fully saturated rings. The summed E-state index contributed by atoms with van der Waals surface area (Å²) in [6.45, 7) is 37.0. The highest BCUT2D eigenvalue weighted by molar-refractivity contribution is 6.92. The van der Waals surface area contributed by atoms with Gasteiger partial charge in [0.15, 0.2) is 0 Å². The maximum absolute atomic E-state index is 2.39. The first kappa shape index (κ1) is 96.1. The average molecular weight is 1020 g/mol. The maximum atomic E-state index is 2.39. The van der Waals surface area contributed by atoms with E-state index in [9.17, 15) is 0 Å². The van der Waals surface area contributed by atoms with E-state index >= 15 is 0 Å².